The van der Waals surface area contributed by atoms with Gasteiger partial charge in [-0.05, 0) is 23.6 Å². The minimum absolute atomic E-state index is 0.0731. The van der Waals surface area contributed by atoms with Gasteiger partial charge in [-0.3, -0.25) is 0 Å². The molecule has 0 aromatic heterocycles. The number of halogens is 2. The van der Waals surface area contributed by atoms with E-state index >= 15 is 0 Å². The van der Waals surface area contributed by atoms with Crippen molar-refractivity contribution in [3.05, 3.63) is 70.7 Å². The molecule has 0 aliphatic heterocycles. The fraction of sp³-hybridized carbons (Fsp3) is 0.125. The van der Waals surface area contributed by atoms with Gasteiger partial charge < -0.3 is 0 Å². The van der Waals surface area contributed by atoms with Crippen molar-refractivity contribution in [3.63, 3.8) is 0 Å². The summed E-state index contributed by atoms with van der Waals surface area (Å²) in [4.78, 5) is 16.7. The number of isocyanates is 2. The molecule has 0 fully saturated rings. The highest BCUT2D eigenvalue weighted by atomic mass is 35.5. The molecule has 6 heteroatoms. The second-order valence-corrected chi connectivity index (χ2v) is 4.82. The molecule has 0 spiro atoms. The molecular weight excluding hydrogens is 323 g/mol. The summed E-state index contributed by atoms with van der Waals surface area (Å²) >= 11 is 12.5. The Morgan fingerprint density at radius 1 is 0.909 bits per heavy atom. The van der Waals surface area contributed by atoms with E-state index in [1.807, 2.05) is 42.5 Å². The summed E-state index contributed by atoms with van der Waals surface area (Å²) in [6.45, 7) is 0. The standard InChI is InChI=1S/C14H12Cl2.2CHNO/c15-13-9-5-4-8-12(13)14(16)10-11-6-2-1-3-7-11;2*2-1-3/h1-9,14H,10H2;2*2H. The number of carbonyl (C=O) groups excluding carboxylic acids is 2. The Labute approximate surface area is 138 Å². The number of alkyl halides is 1. The van der Waals surface area contributed by atoms with Gasteiger partial charge in [0.25, 0.3) is 0 Å². The second kappa shape index (κ2) is 12.5. The Balaban J connectivity index is 0.000000639. The maximum Gasteiger partial charge on any atom is 0.231 e. The summed E-state index contributed by atoms with van der Waals surface area (Å²) in [6, 6.07) is 17.9. The molecule has 0 saturated heterocycles. The third kappa shape index (κ3) is 8.15. The number of benzene rings is 2. The zero-order chi connectivity index (χ0) is 16.8. The quantitative estimate of drug-likeness (QED) is 0.485. The first-order valence-corrected chi connectivity index (χ1v) is 6.92. The molecule has 0 heterocycles. The minimum atomic E-state index is -0.0731. The van der Waals surface area contributed by atoms with Gasteiger partial charge in [0.15, 0.2) is 0 Å². The summed E-state index contributed by atoms with van der Waals surface area (Å²) < 4.78 is 0. The molecule has 2 aromatic carbocycles. The zero-order valence-electron chi connectivity index (χ0n) is 11.6. The first-order valence-electron chi connectivity index (χ1n) is 6.10. The van der Waals surface area contributed by atoms with Crippen LogP contribution in [-0.4, -0.2) is 12.2 Å². The number of nitrogens with one attached hydrogen (secondary N) is 2. The van der Waals surface area contributed by atoms with Crippen molar-refractivity contribution < 1.29 is 9.59 Å². The third-order valence-electron chi connectivity index (χ3n) is 2.50. The van der Waals surface area contributed by atoms with Gasteiger partial charge in [-0.2, -0.15) is 0 Å². The molecule has 0 aliphatic carbocycles. The zero-order valence-corrected chi connectivity index (χ0v) is 13.1. The van der Waals surface area contributed by atoms with Gasteiger partial charge in [-0.1, -0.05) is 60.1 Å². The van der Waals surface area contributed by atoms with Crippen LogP contribution >= 0.6 is 23.2 Å². The Morgan fingerprint density at radius 3 is 1.86 bits per heavy atom. The molecule has 1 unspecified atom stereocenters. The summed E-state index contributed by atoms with van der Waals surface area (Å²) in [5.41, 5.74) is 2.22. The molecule has 4 nitrogen and oxygen atoms in total. The van der Waals surface area contributed by atoms with Crippen molar-refractivity contribution in [2.24, 2.45) is 0 Å². The van der Waals surface area contributed by atoms with E-state index in [1.165, 1.54) is 5.56 Å². The van der Waals surface area contributed by atoms with Crippen LogP contribution in [0.3, 0.4) is 0 Å². The van der Waals surface area contributed by atoms with E-state index < -0.39 is 0 Å². The maximum atomic E-state index is 8.35. The summed E-state index contributed by atoms with van der Waals surface area (Å²) in [6.07, 6.45) is 2.30. The number of rotatable bonds is 3. The SMILES string of the molecule is Clc1ccccc1C(Cl)Cc1ccccc1.N=C=O.N=C=O. The molecule has 0 amide bonds. The Morgan fingerprint density at radius 2 is 1.36 bits per heavy atom. The topological polar surface area (TPSA) is 81.8 Å². The Bertz CT molecular complexity index is 609. The molecule has 2 rings (SSSR count). The van der Waals surface area contributed by atoms with Crippen LogP contribution in [0.15, 0.2) is 54.6 Å². The smallest absolute Gasteiger partial charge is 0.222 e. The summed E-state index contributed by atoms with van der Waals surface area (Å²) in [5, 5.41) is 11.5. The molecule has 1 atom stereocenters. The summed E-state index contributed by atoms with van der Waals surface area (Å²) in [5.74, 6) is 0. The first-order chi connectivity index (χ1) is 10.6. The molecule has 22 heavy (non-hydrogen) atoms. The molecular formula is C16H14Cl2N2O2. The lowest BCUT2D eigenvalue weighted by Crippen LogP contribution is -1.96. The van der Waals surface area contributed by atoms with Crippen LogP contribution in [-0.2, 0) is 16.0 Å². The van der Waals surface area contributed by atoms with Crippen LogP contribution in [0.4, 0.5) is 0 Å². The van der Waals surface area contributed by atoms with Crippen molar-refractivity contribution >= 4 is 35.4 Å². The normalized spacial score (nSPS) is 9.73. The van der Waals surface area contributed by atoms with Crippen molar-refractivity contribution in [1.29, 1.82) is 10.8 Å². The van der Waals surface area contributed by atoms with Gasteiger partial charge in [0.05, 0.1) is 5.38 Å². The fourth-order valence-corrected chi connectivity index (χ4v) is 2.35. The van der Waals surface area contributed by atoms with Crippen molar-refractivity contribution in [2.75, 3.05) is 0 Å². The van der Waals surface area contributed by atoms with Crippen LogP contribution in [0.2, 0.25) is 5.02 Å². The van der Waals surface area contributed by atoms with E-state index in [9.17, 15) is 0 Å². The highest BCUT2D eigenvalue weighted by Gasteiger charge is 2.11. The Hall–Kier alpha value is -2.22. The number of hydrogen-bond donors (Lipinski definition) is 2. The first kappa shape index (κ1) is 19.8. The van der Waals surface area contributed by atoms with Gasteiger partial charge >= 0.3 is 0 Å². The molecule has 0 bridgehead atoms. The van der Waals surface area contributed by atoms with Gasteiger partial charge in [0.2, 0.25) is 12.2 Å². The van der Waals surface area contributed by atoms with Gasteiger partial charge in [-0.15, -0.1) is 11.6 Å². The van der Waals surface area contributed by atoms with Crippen molar-refractivity contribution in [1.82, 2.24) is 0 Å². The third-order valence-corrected chi connectivity index (χ3v) is 3.23. The monoisotopic (exact) mass is 336 g/mol. The largest absolute Gasteiger partial charge is 0.231 e. The van der Waals surface area contributed by atoms with E-state index in [2.05, 4.69) is 12.1 Å². The molecule has 2 N–H and O–H groups in total. The van der Waals surface area contributed by atoms with Gasteiger partial charge in [0.1, 0.15) is 0 Å². The van der Waals surface area contributed by atoms with Gasteiger partial charge in [-0.25, -0.2) is 20.4 Å². The van der Waals surface area contributed by atoms with Gasteiger partial charge in [0, 0.05) is 5.02 Å². The average Bonchev–Trinajstić information content (AvgIpc) is 2.50. The lowest BCUT2D eigenvalue weighted by molar-refractivity contribution is 0.562. The van der Waals surface area contributed by atoms with E-state index in [0.717, 1.165) is 29.2 Å². The molecule has 0 radical (unpaired) electrons. The van der Waals surface area contributed by atoms with Crippen LogP contribution in [0.5, 0.6) is 0 Å². The maximum absolute atomic E-state index is 8.35. The van der Waals surface area contributed by atoms with E-state index in [4.69, 9.17) is 43.6 Å². The van der Waals surface area contributed by atoms with Crippen LogP contribution < -0.4 is 0 Å². The highest BCUT2D eigenvalue weighted by Crippen LogP contribution is 2.30. The predicted molar refractivity (Wildman–Crippen MR) is 87.0 cm³/mol. The van der Waals surface area contributed by atoms with E-state index in [-0.39, 0.29) is 5.38 Å². The average molecular weight is 337 g/mol. The van der Waals surface area contributed by atoms with E-state index in [1.54, 1.807) is 0 Å². The second-order valence-electron chi connectivity index (χ2n) is 3.88. The highest BCUT2D eigenvalue weighted by molar-refractivity contribution is 6.32. The fourth-order valence-electron chi connectivity index (χ4n) is 1.66. The molecule has 2 aromatic rings. The van der Waals surface area contributed by atoms with Crippen LogP contribution in [0, 0.1) is 10.8 Å². The summed E-state index contributed by atoms with van der Waals surface area (Å²) in [7, 11) is 0. The molecule has 0 aliphatic rings. The minimum Gasteiger partial charge on any atom is -0.222 e. The van der Waals surface area contributed by atoms with Crippen molar-refractivity contribution in [3.8, 4) is 0 Å². The number of hydrogen-bond acceptors (Lipinski definition) is 4. The van der Waals surface area contributed by atoms with Crippen molar-refractivity contribution in [2.45, 2.75) is 11.8 Å². The Kier molecular flexibility index (Phi) is 11.3. The molecule has 0 saturated carbocycles. The lowest BCUT2D eigenvalue weighted by Gasteiger charge is -2.11. The predicted octanol–water partition coefficient (Wildman–Crippen LogP) is 4.66. The molecule has 114 valence electrons. The van der Waals surface area contributed by atoms with Crippen LogP contribution in [0.1, 0.15) is 16.5 Å². The lowest BCUT2D eigenvalue weighted by atomic mass is 10.0. The van der Waals surface area contributed by atoms with Crippen LogP contribution in [0.25, 0.3) is 0 Å². The van der Waals surface area contributed by atoms with E-state index in [0.29, 0.717) is 0 Å².